The minimum Gasteiger partial charge on any atom is -0.340 e. The molecule has 1 aromatic heterocycles. The van der Waals surface area contributed by atoms with Gasteiger partial charge in [-0.2, -0.15) is 0 Å². The highest BCUT2D eigenvalue weighted by molar-refractivity contribution is 9.10. The van der Waals surface area contributed by atoms with E-state index in [0.717, 1.165) is 29.7 Å². The molecule has 0 radical (unpaired) electrons. The van der Waals surface area contributed by atoms with Crippen LogP contribution < -0.4 is 5.32 Å². The quantitative estimate of drug-likeness (QED) is 0.910. The highest BCUT2D eigenvalue weighted by Crippen LogP contribution is 2.21. The molecule has 1 atom stereocenters. The Labute approximate surface area is 129 Å². The van der Waals surface area contributed by atoms with E-state index in [2.05, 4.69) is 35.1 Å². The average Bonchev–Trinajstić information content (AvgIpc) is 2.95. The van der Waals surface area contributed by atoms with Gasteiger partial charge in [-0.05, 0) is 48.8 Å². The van der Waals surface area contributed by atoms with Crippen LogP contribution in [0, 0.1) is 0 Å². The summed E-state index contributed by atoms with van der Waals surface area (Å²) in [4.78, 5) is 14.4. The van der Waals surface area contributed by atoms with Crippen LogP contribution >= 0.6 is 28.3 Å². The smallest absolute Gasteiger partial charge is 0.270 e. The second kappa shape index (κ2) is 6.77. The van der Waals surface area contributed by atoms with Crippen molar-refractivity contribution in [3.63, 3.8) is 0 Å². The van der Waals surface area contributed by atoms with Gasteiger partial charge in [0, 0.05) is 36.3 Å². The zero-order valence-electron chi connectivity index (χ0n) is 11.5. The number of halogens is 2. The maximum atomic E-state index is 12.5. The summed E-state index contributed by atoms with van der Waals surface area (Å²) in [7, 11) is 1.89. The normalized spacial score (nSPS) is 18.5. The van der Waals surface area contributed by atoms with Gasteiger partial charge in [-0.15, -0.1) is 12.4 Å². The molecule has 1 aromatic rings. The summed E-state index contributed by atoms with van der Waals surface area (Å²) in [5, 5.41) is 3.29. The second-order valence-electron chi connectivity index (χ2n) is 5.11. The first-order valence-electron chi connectivity index (χ1n) is 6.36. The molecular formula is C13H21BrClN3O. The van der Waals surface area contributed by atoms with E-state index >= 15 is 0 Å². The van der Waals surface area contributed by atoms with Gasteiger partial charge in [0.2, 0.25) is 0 Å². The molecule has 1 N–H and O–H groups in total. The third-order valence-corrected chi connectivity index (χ3v) is 3.93. The minimum atomic E-state index is 0. The molecule has 0 bridgehead atoms. The maximum Gasteiger partial charge on any atom is 0.270 e. The molecule has 2 heterocycles. The molecule has 2 rings (SSSR count). The number of nitrogens with one attached hydrogen (secondary N) is 1. The Balaban J connectivity index is 0.00000180. The zero-order chi connectivity index (χ0) is 13.3. The van der Waals surface area contributed by atoms with Crippen molar-refractivity contribution >= 4 is 34.2 Å². The summed E-state index contributed by atoms with van der Waals surface area (Å²) in [6.45, 7) is 6.06. The molecule has 1 amide bonds. The number of carbonyl (C=O) groups is 1. The fourth-order valence-electron chi connectivity index (χ4n) is 2.36. The summed E-state index contributed by atoms with van der Waals surface area (Å²) < 4.78 is 2.98. The van der Waals surface area contributed by atoms with Crippen LogP contribution in [0.5, 0.6) is 0 Å². The van der Waals surface area contributed by atoms with Crippen LogP contribution in [-0.2, 0) is 0 Å². The number of likely N-dealkylation sites (N-methyl/N-ethyl adjacent to an activating group) is 1. The van der Waals surface area contributed by atoms with E-state index in [-0.39, 0.29) is 24.4 Å². The fraction of sp³-hybridized carbons (Fsp3) is 0.615. The number of nitrogens with zero attached hydrogens (tertiary/aromatic N) is 2. The van der Waals surface area contributed by atoms with Gasteiger partial charge in [0.05, 0.1) is 0 Å². The summed E-state index contributed by atoms with van der Waals surface area (Å²) in [6.07, 6.45) is 3.00. The van der Waals surface area contributed by atoms with Crippen molar-refractivity contribution in [2.75, 3.05) is 20.1 Å². The lowest BCUT2D eigenvalue weighted by atomic mass is 10.2. The number of hydrogen-bond acceptors (Lipinski definition) is 2. The van der Waals surface area contributed by atoms with Crippen molar-refractivity contribution < 1.29 is 4.79 Å². The van der Waals surface area contributed by atoms with Crippen molar-refractivity contribution in [1.29, 1.82) is 0 Å². The Morgan fingerprint density at radius 1 is 1.58 bits per heavy atom. The lowest BCUT2D eigenvalue weighted by Gasteiger charge is -2.25. The first kappa shape index (κ1) is 16.5. The van der Waals surface area contributed by atoms with Gasteiger partial charge in [-0.3, -0.25) is 4.79 Å². The summed E-state index contributed by atoms with van der Waals surface area (Å²) in [6, 6.07) is 2.50. The van der Waals surface area contributed by atoms with Gasteiger partial charge in [0.1, 0.15) is 5.69 Å². The monoisotopic (exact) mass is 349 g/mol. The van der Waals surface area contributed by atoms with Crippen LogP contribution in [0.1, 0.15) is 36.8 Å². The van der Waals surface area contributed by atoms with Crippen LogP contribution in [-0.4, -0.2) is 41.6 Å². The summed E-state index contributed by atoms with van der Waals surface area (Å²) in [5.41, 5.74) is 0.756. The van der Waals surface area contributed by atoms with Crippen LogP contribution in [0.4, 0.5) is 0 Å². The van der Waals surface area contributed by atoms with E-state index in [0.29, 0.717) is 6.04 Å². The van der Waals surface area contributed by atoms with E-state index < -0.39 is 0 Å². The van der Waals surface area contributed by atoms with E-state index in [1.54, 1.807) is 0 Å². The van der Waals surface area contributed by atoms with Crippen molar-refractivity contribution in [3.8, 4) is 0 Å². The van der Waals surface area contributed by atoms with Gasteiger partial charge < -0.3 is 14.8 Å². The molecule has 1 fully saturated rings. The maximum absolute atomic E-state index is 12.5. The second-order valence-corrected chi connectivity index (χ2v) is 6.02. The molecular weight excluding hydrogens is 330 g/mol. The summed E-state index contributed by atoms with van der Waals surface area (Å²) in [5.74, 6) is 0.100. The van der Waals surface area contributed by atoms with E-state index in [1.165, 1.54) is 0 Å². The highest BCUT2D eigenvalue weighted by atomic mass is 79.9. The van der Waals surface area contributed by atoms with Crippen LogP contribution in [0.15, 0.2) is 16.7 Å². The third-order valence-electron chi connectivity index (χ3n) is 3.49. The standard InChI is InChI=1S/C13H20BrN3O.ClH/c1-9(2)17-8-10(14)6-12(17)13(18)16(3)11-4-5-15-7-11;/h6,8-9,11,15H,4-5,7H2,1-3H3;1H. The Morgan fingerprint density at radius 3 is 2.79 bits per heavy atom. The molecule has 1 aliphatic rings. The largest absolute Gasteiger partial charge is 0.340 e. The molecule has 0 saturated carbocycles. The molecule has 1 aliphatic heterocycles. The molecule has 0 aliphatic carbocycles. The molecule has 108 valence electrons. The van der Waals surface area contributed by atoms with Crippen molar-refractivity contribution in [2.24, 2.45) is 0 Å². The van der Waals surface area contributed by atoms with Gasteiger partial charge in [0.25, 0.3) is 5.91 Å². The van der Waals surface area contributed by atoms with Gasteiger partial charge in [-0.1, -0.05) is 0 Å². The summed E-state index contributed by atoms with van der Waals surface area (Å²) >= 11 is 3.45. The third kappa shape index (κ3) is 3.52. The van der Waals surface area contributed by atoms with E-state index in [1.807, 2.05) is 28.8 Å². The van der Waals surface area contributed by atoms with Crippen molar-refractivity contribution in [2.45, 2.75) is 32.4 Å². The Bertz CT molecular complexity index is 441. The van der Waals surface area contributed by atoms with Gasteiger partial charge >= 0.3 is 0 Å². The van der Waals surface area contributed by atoms with Crippen LogP contribution in [0.3, 0.4) is 0 Å². The molecule has 19 heavy (non-hydrogen) atoms. The van der Waals surface area contributed by atoms with E-state index in [9.17, 15) is 4.79 Å². The van der Waals surface area contributed by atoms with Crippen LogP contribution in [0.25, 0.3) is 0 Å². The lowest BCUT2D eigenvalue weighted by molar-refractivity contribution is 0.0731. The Kier molecular flexibility index (Phi) is 5.89. The molecule has 4 nitrogen and oxygen atoms in total. The van der Waals surface area contributed by atoms with Crippen LogP contribution in [0.2, 0.25) is 0 Å². The molecule has 1 unspecified atom stereocenters. The SMILES string of the molecule is CC(C)n1cc(Br)cc1C(=O)N(C)C1CCNC1.Cl. The number of amides is 1. The molecule has 0 spiro atoms. The predicted molar refractivity (Wildman–Crippen MR) is 83.1 cm³/mol. The highest BCUT2D eigenvalue weighted by Gasteiger charge is 2.26. The van der Waals surface area contributed by atoms with Crippen molar-refractivity contribution in [3.05, 3.63) is 22.4 Å². The fourth-order valence-corrected chi connectivity index (χ4v) is 2.80. The zero-order valence-corrected chi connectivity index (χ0v) is 13.9. The number of carbonyl (C=O) groups excluding carboxylic acids is 1. The molecule has 1 saturated heterocycles. The number of hydrogen-bond donors (Lipinski definition) is 1. The molecule has 0 aromatic carbocycles. The molecule has 6 heteroatoms. The number of rotatable bonds is 3. The first-order valence-corrected chi connectivity index (χ1v) is 7.15. The van der Waals surface area contributed by atoms with Crippen molar-refractivity contribution in [1.82, 2.24) is 14.8 Å². The Hall–Kier alpha value is -0.520. The van der Waals surface area contributed by atoms with Gasteiger partial charge in [0.15, 0.2) is 0 Å². The van der Waals surface area contributed by atoms with Gasteiger partial charge in [-0.25, -0.2) is 0 Å². The van der Waals surface area contributed by atoms with E-state index in [4.69, 9.17) is 0 Å². The average molecular weight is 351 g/mol. The Morgan fingerprint density at radius 2 is 2.26 bits per heavy atom. The minimum absolute atomic E-state index is 0. The first-order chi connectivity index (χ1) is 8.50. The topological polar surface area (TPSA) is 37.3 Å². The lowest BCUT2D eigenvalue weighted by Crippen LogP contribution is -2.39. The predicted octanol–water partition coefficient (Wildman–Crippen LogP) is 2.69. The number of aromatic nitrogens is 1.